The number of aromatic nitrogens is 2. The zero-order valence-corrected chi connectivity index (χ0v) is 11.3. The molecular formula is C13H16BrN3. The van der Waals surface area contributed by atoms with E-state index in [1.165, 1.54) is 25.2 Å². The first-order valence-corrected chi connectivity index (χ1v) is 7.18. The lowest BCUT2D eigenvalue weighted by Gasteiger charge is -2.13. The molecule has 3 rings (SSSR count). The number of likely N-dealkylation sites (tertiary alicyclic amines) is 1. The number of rotatable bonds is 3. The molecule has 0 N–H and O–H groups in total. The molecule has 0 bridgehead atoms. The molecule has 0 spiro atoms. The number of imidazole rings is 1. The predicted molar refractivity (Wildman–Crippen MR) is 72.4 cm³/mol. The Labute approximate surface area is 110 Å². The molecule has 2 aromatic rings. The van der Waals surface area contributed by atoms with Gasteiger partial charge in [0.15, 0.2) is 0 Å². The van der Waals surface area contributed by atoms with Crippen LogP contribution in [0.1, 0.15) is 12.1 Å². The minimum atomic E-state index is 0.812. The van der Waals surface area contributed by atoms with E-state index in [9.17, 15) is 0 Å². The highest BCUT2D eigenvalue weighted by Gasteiger charge is 2.21. The van der Waals surface area contributed by atoms with Crippen LogP contribution in [0, 0.1) is 5.92 Å². The summed E-state index contributed by atoms with van der Waals surface area (Å²) in [7, 11) is 0. The molecule has 1 unspecified atom stereocenters. The van der Waals surface area contributed by atoms with Gasteiger partial charge < -0.3 is 4.40 Å². The van der Waals surface area contributed by atoms with Crippen LogP contribution in [-0.2, 0) is 6.54 Å². The second kappa shape index (κ2) is 4.78. The lowest BCUT2D eigenvalue weighted by Crippen LogP contribution is -2.20. The summed E-state index contributed by atoms with van der Waals surface area (Å²) in [6.45, 7) is 3.37. The normalized spacial score (nSPS) is 21.4. The number of fused-ring (bicyclic) bond motifs is 1. The summed E-state index contributed by atoms with van der Waals surface area (Å²) in [6, 6.07) is 6.12. The number of halogens is 1. The van der Waals surface area contributed by atoms with E-state index in [-0.39, 0.29) is 0 Å². The first-order chi connectivity index (χ1) is 8.35. The summed E-state index contributed by atoms with van der Waals surface area (Å²) in [5.41, 5.74) is 2.21. The summed E-state index contributed by atoms with van der Waals surface area (Å²) in [5.74, 6) is 0.812. The second-order valence-corrected chi connectivity index (χ2v) is 5.39. The summed E-state index contributed by atoms with van der Waals surface area (Å²) >= 11 is 3.57. The maximum absolute atomic E-state index is 4.64. The molecular weight excluding hydrogens is 278 g/mol. The molecule has 17 heavy (non-hydrogen) atoms. The number of pyridine rings is 1. The van der Waals surface area contributed by atoms with Gasteiger partial charge in [0.25, 0.3) is 0 Å². The monoisotopic (exact) mass is 293 g/mol. The minimum absolute atomic E-state index is 0.812. The Kier molecular flexibility index (Phi) is 3.16. The standard InChI is InChI=1S/C13H16BrN3/c14-7-11-4-6-16(8-11)9-12-10-17-5-2-1-3-13(17)15-12/h1-3,5,10-11H,4,6-9H2. The average molecular weight is 294 g/mol. The number of alkyl halides is 1. The molecule has 3 nitrogen and oxygen atoms in total. The van der Waals surface area contributed by atoms with E-state index >= 15 is 0 Å². The fraction of sp³-hybridized carbons (Fsp3) is 0.462. The maximum atomic E-state index is 4.64. The van der Waals surface area contributed by atoms with E-state index in [1.807, 2.05) is 12.1 Å². The van der Waals surface area contributed by atoms with Crippen LogP contribution in [0.3, 0.4) is 0 Å². The van der Waals surface area contributed by atoms with Crippen LogP contribution >= 0.6 is 15.9 Å². The van der Waals surface area contributed by atoms with Gasteiger partial charge in [0.05, 0.1) is 5.69 Å². The zero-order valence-electron chi connectivity index (χ0n) is 9.72. The van der Waals surface area contributed by atoms with Crippen LogP contribution < -0.4 is 0 Å². The Morgan fingerprint density at radius 3 is 3.12 bits per heavy atom. The summed E-state index contributed by atoms with van der Waals surface area (Å²) in [4.78, 5) is 7.13. The van der Waals surface area contributed by atoms with Gasteiger partial charge in [-0.05, 0) is 31.0 Å². The molecule has 0 saturated carbocycles. The van der Waals surface area contributed by atoms with Gasteiger partial charge in [-0.2, -0.15) is 0 Å². The Bertz CT molecular complexity index is 475. The maximum Gasteiger partial charge on any atom is 0.137 e. The van der Waals surface area contributed by atoms with Gasteiger partial charge in [-0.3, -0.25) is 4.90 Å². The Hall–Kier alpha value is -0.870. The molecule has 2 aromatic heterocycles. The van der Waals surface area contributed by atoms with Crippen LogP contribution in [0.4, 0.5) is 0 Å². The molecule has 0 aliphatic carbocycles. The SMILES string of the molecule is BrCC1CCN(Cc2cn3ccccc3n2)C1. The highest BCUT2D eigenvalue weighted by molar-refractivity contribution is 9.09. The molecule has 0 aromatic carbocycles. The van der Waals surface area contributed by atoms with Gasteiger partial charge in [-0.25, -0.2) is 4.98 Å². The Morgan fingerprint density at radius 1 is 1.41 bits per heavy atom. The van der Waals surface area contributed by atoms with Crippen molar-refractivity contribution in [1.82, 2.24) is 14.3 Å². The zero-order chi connectivity index (χ0) is 11.7. The molecule has 3 heterocycles. The van der Waals surface area contributed by atoms with Gasteiger partial charge in [0.2, 0.25) is 0 Å². The van der Waals surface area contributed by atoms with Crippen molar-refractivity contribution in [1.29, 1.82) is 0 Å². The molecule has 1 saturated heterocycles. The smallest absolute Gasteiger partial charge is 0.137 e. The van der Waals surface area contributed by atoms with Crippen molar-refractivity contribution >= 4 is 21.6 Å². The fourth-order valence-electron chi connectivity index (χ4n) is 2.47. The topological polar surface area (TPSA) is 20.5 Å². The van der Waals surface area contributed by atoms with E-state index in [1.54, 1.807) is 0 Å². The number of hydrogen-bond acceptors (Lipinski definition) is 2. The third kappa shape index (κ3) is 2.38. The van der Waals surface area contributed by atoms with E-state index in [0.29, 0.717) is 0 Å². The highest BCUT2D eigenvalue weighted by atomic mass is 79.9. The molecule has 1 atom stereocenters. The Morgan fingerprint density at radius 2 is 2.35 bits per heavy atom. The lowest BCUT2D eigenvalue weighted by molar-refractivity contribution is 0.318. The fourth-order valence-corrected chi connectivity index (χ4v) is 3.00. The van der Waals surface area contributed by atoms with Gasteiger partial charge in [-0.1, -0.05) is 22.0 Å². The molecule has 0 radical (unpaired) electrons. The van der Waals surface area contributed by atoms with Crippen LogP contribution in [0.2, 0.25) is 0 Å². The van der Waals surface area contributed by atoms with E-state index in [2.05, 4.69) is 48.7 Å². The van der Waals surface area contributed by atoms with Gasteiger partial charge >= 0.3 is 0 Å². The van der Waals surface area contributed by atoms with Crippen LogP contribution in [-0.4, -0.2) is 32.7 Å². The molecule has 1 aliphatic rings. The van der Waals surface area contributed by atoms with E-state index in [4.69, 9.17) is 0 Å². The number of nitrogens with zero attached hydrogens (tertiary/aromatic N) is 3. The minimum Gasteiger partial charge on any atom is -0.307 e. The van der Waals surface area contributed by atoms with Gasteiger partial charge in [0.1, 0.15) is 5.65 Å². The lowest BCUT2D eigenvalue weighted by atomic mass is 10.2. The largest absolute Gasteiger partial charge is 0.307 e. The van der Waals surface area contributed by atoms with Crippen molar-refractivity contribution in [2.24, 2.45) is 5.92 Å². The van der Waals surface area contributed by atoms with Crippen molar-refractivity contribution < 1.29 is 0 Å². The van der Waals surface area contributed by atoms with Crippen molar-refractivity contribution in [3.63, 3.8) is 0 Å². The third-order valence-corrected chi connectivity index (χ3v) is 4.30. The van der Waals surface area contributed by atoms with Gasteiger partial charge in [0, 0.05) is 30.8 Å². The molecule has 1 aliphatic heterocycles. The van der Waals surface area contributed by atoms with E-state index in [0.717, 1.165) is 23.4 Å². The first-order valence-electron chi connectivity index (χ1n) is 6.06. The van der Waals surface area contributed by atoms with Crippen molar-refractivity contribution in [2.45, 2.75) is 13.0 Å². The van der Waals surface area contributed by atoms with Crippen LogP contribution in [0.25, 0.3) is 5.65 Å². The highest BCUT2D eigenvalue weighted by Crippen LogP contribution is 2.20. The third-order valence-electron chi connectivity index (χ3n) is 3.39. The average Bonchev–Trinajstić information content (AvgIpc) is 2.94. The molecule has 90 valence electrons. The van der Waals surface area contributed by atoms with Gasteiger partial charge in [-0.15, -0.1) is 0 Å². The first kappa shape index (κ1) is 11.2. The Balaban J connectivity index is 1.73. The summed E-state index contributed by atoms with van der Waals surface area (Å²) in [6.07, 6.45) is 5.49. The van der Waals surface area contributed by atoms with Crippen LogP contribution in [0.5, 0.6) is 0 Å². The van der Waals surface area contributed by atoms with Crippen molar-refractivity contribution in [2.75, 3.05) is 18.4 Å². The second-order valence-electron chi connectivity index (χ2n) is 4.74. The number of hydrogen-bond donors (Lipinski definition) is 0. The quantitative estimate of drug-likeness (QED) is 0.811. The van der Waals surface area contributed by atoms with Crippen molar-refractivity contribution in [3.05, 3.63) is 36.3 Å². The molecule has 4 heteroatoms. The predicted octanol–water partition coefficient (Wildman–Crippen LogP) is 2.55. The summed E-state index contributed by atoms with van der Waals surface area (Å²) in [5, 5.41) is 1.12. The van der Waals surface area contributed by atoms with Crippen molar-refractivity contribution in [3.8, 4) is 0 Å². The van der Waals surface area contributed by atoms with Crippen LogP contribution in [0.15, 0.2) is 30.6 Å². The summed E-state index contributed by atoms with van der Waals surface area (Å²) < 4.78 is 2.09. The molecule has 0 amide bonds. The molecule has 1 fully saturated rings. The van der Waals surface area contributed by atoms with E-state index < -0.39 is 0 Å².